The minimum Gasteiger partial charge on any atom is -0.299 e. The van der Waals surface area contributed by atoms with Crippen molar-refractivity contribution >= 4 is 0 Å². The second-order valence-electron chi connectivity index (χ2n) is 5.06. The monoisotopic (exact) mass is 223 g/mol. The van der Waals surface area contributed by atoms with E-state index in [-0.39, 0.29) is 6.04 Å². The van der Waals surface area contributed by atoms with Gasteiger partial charge in [0.2, 0.25) is 0 Å². The summed E-state index contributed by atoms with van der Waals surface area (Å²) in [6.45, 7) is 8.49. The zero-order chi connectivity index (χ0) is 12.0. The first-order valence-corrected chi connectivity index (χ1v) is 6.57. The van der Waals surface area contributed by atoms with E-state index in [9.17, 15) is 0 Å². The molecule has 1 heterocycles. The lowest BCUT2D eigenvalue weighted by atomic mass is 9.99. The second-order valence-corrected chi connectivity index (χ2v) is 5.06. The van der Waals surface area contributed by atoms with Gasteiger partial charge in [0.1, 0.15) is 6.04 Å². The van der Waals surface area contributed by atoms with E-state index in [0.29, 0.717) is 12.1 Å². The molecule has 1 N–H and O–H groups in total. The van der Waals surface area contributed by atoms with Gasteiger partial charge < -0.3 is 0 Å². The number of rotatable bonds is 5. The van der Waals surface area contributed by atoms with Crippen LogP contribution in [0.4, 0.5) is 0 Å². The van der Waals surface area contributed by atoms with Gasteiger partial charge >= 0.3 is 0 Å². The third kappa shape index (κ3) is 4.11. The lowest BCUT2D eigenvalue weighted by Gasteiger charge is -2.36. The van der Waals surface area contributed by atoms with Gasteiger partial charge in [0, 0.05) is 18.6 Å². The molecule has 0 aliphatic carbocycles. The molecular weight excluding hydrogens is 198 g/mol. The molecule has 0 spiro atoms. The average molecular weight is 223 g/mol. The van der Waals surface area contributed by atoms with Gasteiger partial charge in [0.05, 0.1) is 6.07 Å². The Kier molecular flexibility index (Phi) is 5.79. The third-order valence-corrected chi connectivity index (χ3v) is 3.33. The highest BCUT2D eigenvalue weighted by Gasteiger charge is 2.23. The molecule has 1 rings (SSSR count). The molecule has 0 aromatic heterocycles. The molecule has 0 bridgehead atoms. The van der Waals surface area contributed by atoms with Crippen LogP contribution in [-0.4, -0.2) is 36.1 Å². The Balaban J connectivity index is 2.46. The maximum Gasteiger partial charge on any atom is 0.108 e. The van der Waals surface area contributed by atoms with Crippen molar-refractivity contribution in [2.45, 2.75) is 64.6 Å². The molecule has 16 heavy (non-hydrogen) atoms. The van der Waals surface area contributed by atoms with Gasteiger partial charge in [0.25, 0.3) is 0 Å². The summed E-state index contributed by atoms with van der Waals surface area (Å²) in [5.74, 6) is 0. The maximum atomic E-state index is 9.13. The molecule has 1 aliphatic heterocycles. The number of hydrogen-bond acceptors (Lipinski definition) is 3. The molecule has 0 aromatic carbocycles. The Hall–Kier alpha value is -0.590. The number of hydrogen-bond donors (Lipinski definition) is 1. The van der Waals surface area contributed by atoms with Crippen LogP contribution >= 0.6 is 0 Å². The quantitative estimate of drug-likeness (QED) is 0.776. The molecule has 1 saturated heterocycles. The molecular formula is C13H25N3. The Morgan fingerprint density at radius 2 is 2.19 bits per heavy atom. The molecule has 3 nitrogen and oxygen atoms in total. The van der Waals surface area contributed by atoms with Crippen LogP contribution in [0.1, 0.15) is 46.5 Å². The van der Waals surface area contributed by atoms with Crippen LogP contribution in [0.5, 0.6) is 0 Å². The van der Waals surface area contributed by atoms with Gasteiger partial charge in [-0.2, -0.15) is 5.26 Å². The molecule has 2 atom stereocenters. The normalized spacial score (nSPS) is 24.3. The van der Waals surface area contributed by atoms with E-state index in [2.05, 4.69) is 37.1 Å². The van der Waals surface area contributed by atoms with E-state index in [0.717, 1.165) is 13.1 Å². The molecule has 2 unspecified atom stereocenters. The minimum absolute atomic E-state index is 0.0212. The highest BCUT2D eigenvalue weighted by Crippen LogP contribution is 2.19. The van der Waals surface area contributed by atoms with Crippen LogP contribution in [-0.2, 0) is 0 Å². The zero-order valence-electron chi connectivity index (χ0n) is 10.9. The first-order chi connectivity index (χ1) is 7.67. The van der Waals surface area contributed by atoms with Crippen molar-refractivity contribution in [1.82, 2.24) is 10.2 Å². The van der Waals surface area contributed by atoms with Crippen LogP contribution in [0, 0.1) is 11.3 Å². The Labute approximate surface area is 99.8 Å². The van der Waals surface area contributed by atoms with Gasteiger partial charge in [0.15, 0.2) is 0 Å². The molecule has 0 aromatic rings. The van der Waals surface area contributed by atoms with Crippen LogP contribution in [0.15, 0.2) is 0 Å². The third-order valence-electron chi connectivity index (χ3n) is 3.33. The molecule has 0 radical (unpaired) electrons. The van der Waals surface area contributed by atoms with E-state index < -0.39 is 0 Å². The molecule has 3 heteroatoms. The first-order valence-electron chi connectivity index (χ1n) is 6.57. The van der Waals surface area contributed by atoms with Gasteiger partial charge in [-0.3, -0.25) is 10.2 Å². The zero-order valence-corrected chi connectivity index (χ0v) is 10.9. The van der Waals surface area contributed by atoms with Gasteiger partial charge in [-0.25, -0.2) is 0 Å². The molecule has 92 valence electrons. The van der Waals surface area contributed by atoms with Crippen molar-refractivity contribution in [3.8, 4) is 6.07 Å². The highest BCUT2D eigenvalue weighted by molar-refractivity contribution is 4.94. The van der Waals surface area contributed by atoms with Crippen molar-refractivity contribution in [3.63, 3.8) is 0 Å². The first kappa shape index (κ1) is 13.5. The van der Waals surface area contributed by atoms with Gasteiger partial charge in [-0.1, -0.05) is 13.3 Å². The SMILES string of the molecule is CCC1CCCCN1CC(C#N)NC(C)C. The smallest absolute Gasteiger partial charge is 0.108 e. The van der Waals surface area contributed by atoms with E-state index >= 15 is 0 Å². The van der Waals surface area contributed by atoms with Crippen LogP contribution < -0.4 is 5.32 Å². The van der Waals surface area contributed by atoms with Gasteiger partial charge in [-0.05, 0) is 39.7 Å². The summed E-state index contributed by atoms with van der Waals surface area (Å²) in [5, 5.41) is 12.4. The summed E-state index contributed by atoms with van der Waals surface area (Å²) in [6.07, 6.45) is 5.15. The van der Waals surface area contributed by atoms with E-state index in [4.69, 9.17) is 5.26 Å². The van der Waals surface area contributed by atoms with Crippen molar-refractivity contribution in [2.75, 3.05) is 13.1 Å². The molecule has 1 fully saturated rings. The van der Waals surface area contributed by atoms with E-state index in [1.165, 1.54) is 25.7 Å². The topological polar surface area (TPSA) is 39.1 Å². The summed E-state index contributed by atoms with van der Waals surface area (Å²) in [5.41, 5.74) is 0. The summed E-state index contributed by atoms with van der Waals surface area (Å²) in [7, 11) is 0. The Morgan fingerprint density at radius 1 is 1.44 bits per heavy atom. The summed E-state index contributed by atoms with van der Waals surface area (Å²) in [6, 6.07) is 3.43. The number of nitriles is 1. The highest BCUT2D eigenvalue weighted by atomic mass is 15.2. The Bertz CT molecular complexity index is 232. The Morgan fingerprint density at radius 3 is 2.75 bits per heavy atom. The molecule has 0 amide bonds. The van der Waals surface area contributed by atoms with Gasteiger partial charge in [-0.15, -0.1) is 0 Å². The fraction of sp³-hybridized carbons (Fsp3) is 0.923. The van der Waals surface area contributed by atoms with Crippen molar-refractivity contribution in [3.05, 3.63) is 0 Å². The fourth-order valence-electron chi connectivity index (χ4n) is 2.53. The predicted molar refractivity (Wildman–Crippen MR) is 67.2 cm³/mol. The summed E-state index contributed by atoms with van der Waals surface area (Å²) < 4.78 is 0. The second kappa shape index (κ2) is 6.88. The average Bonchev–Trinajstić information content (AvgIpc) is 2.28. The summed E-state index contributed by atoms with van der Waals surface area (Å²) >= 11 is 0. The number of piperidine rings is 1. The lowest BCUT2D eigenvalue weighted by molar-refractivity contribution is 0.135. The van der Waals surface area contributed by atoms with Crippen LogP contribution in [0.2, 0.25) is 0 Å². The minimum atomic E-state index is -0.0212. The maximum absolute atomic E-state index is 9.13. The number of nitrogens with one attached hydrogen (secondary N) is 1. The van der Waals surface area contributed by atoms with Crippen LogP contribution in [0.3, 0.4) is 0 Å². The predicted octanol–water partition coefficient (Wildman–Crippen LogP) is 2.14. The standard InChI is InChI=1S/C13H25N3/c1-4-13-7-5-6-8-16(13)10-12(9-14)15-11(2)3/h11-13,15H,4-8,10H2,1-3H3. The molecule has 0 saturated carbocycles. The molecule has 1 aliphatic rings. The van der Waals surface area contributed by atoms with Crippen molar-refractivity contribution in [2.24, 2.45) is 0 Å². The summed E-state index contributed by atoms with van der Waals surface area (Å²) in [4.78, 5) is 2.49. The number of likely N-dealkylation sites (tertiary alicyclic amines) is 1. The van der Waals surface area contributed by atoms with Crippen LogP contribution in [0.25, 0.3) is 0 Å². The lowest BCUT2D eigenvalue weighted by Crippen LogP contribution is -2.48. The van der Waals surface area contributed by atoms with E-state index in [1.807, 2.05) is 0 Å². The fourth-order valence-corrected chi connectivity index (χ4v) is 2.53. The largest absolute Gasteiger partial charge is 0.299 e. The van der Waals surface area contributed by atoms with E-state index in [1.54, 1.807) is 0 Å². The number of nitrogens with zero attached hydrogens (tertiary/aromatic N) is 2. The van der Waals surface area contributed by atoms with Crippen molar-refractivity contribution < 1.29 is 0 Å². The van der Waals surface area contributed by atoms with Crippen molar-refractivity contribution in [1.29, 1.82) is 5.26 Å².